The number of nitrogens with one attached hydrogen (secondary N) is 1. The van der Waals surface area contributed by atoms with Crippen LogP contribution >= 0.6 is 0 Å². The van der Waals surface area contributed by atoms with E-state index in [1.165, 1.54) is 0 Å². The molecule has 2 aliphatic heterocycles. The highest BCUT2D eigenvalue weighted by Crippen LogP contribution is 2.30. The van der Waals surface area contributed by atoms with Crippen LogP contribution in [0.25, 0.3) is 0 Å². The molecule has 0 unspecified atom stereocenters. The zero-order valence-corrected chi connectivity index (χ0v) is 13.3. The molecule has 7 heteroatoms. The Bertz CT molecular complexity index is 673. The van der Waals surface area contributed by atoms with Crippen molar-refractivity contribution in [1.29, 1.82) is 0 Å². The summed E-state index contributed by atoms with van der Waals surface area (Å²) in [5.74, 6) is -0.675. The monoisotopic (exact) mass is 332 g/mol. The number of amides is 2. The van der Waals surface area contributed by atoms with Gasteiger partial charge in [0.2, 0.25) is 0 Å². The molecule has 1 atom stereocenters. The first-order valence-corrected chi connectivity index (χ1v) is 8.14. The molecule has 2 aliphatic rings. The summed E-state index contributed by atoms with van der Waals surface area (Å²) in [6, 6.07) is 4.93. The lowest BCUT2D eigenvalue weighted by Crippen LogP contribution is -2.44. The van der Waals surface area contributed by atoms with Crippen LogP contribution in [0.2, 0.25) is 0 Å². The summed E-state index contributed by atoms with van der Waals surface area (Å²) in [6.45, 7) is 0.604. The molecule has 1 aromatic rings. The van der Waals surface area contributed by atoms with E-state index in [4.69, 9.17) is 9.84 Å². The number of carboxylic acid groups (broad SMARTS) is 1. The number of carbonyl (C=O) groups excluding carboxylic acids is 2. The number of carbonyl (C=O) groups is 3. The molecule has 2 N–H and O–H groups in total. The maximum Gasteiger partial charge on any atom is 0.303 e. The van der Waals surface area contributed by atoms with Gasteiger partial charge in [-0.05, 0) is 43.9 Å². The Morgan fingerprint density at radius 3 is 2.96 bits per heavy atom. The highest BCUT2D eigenvalue weighted by molar-refractivity contribution is 6.00. The van der Waals surface area contributed by atoms with Gasteiger partial charge in [0, 0.05) is 24.6 Å². The fraction of sp³-hybridized carbons (Fsp3) is 0.471. The first-order valence-electron chi connectivity index (χ1n) is 8.14. The number of anilines is 1. The van der Waals surface area contributed by atoms with Crippen molar-refractivity contribution < 1.29 is 24.2 Å². The topological polar surface area (TPSA) is 95.9 Å². The van der Waals surface area contributed by atoms with Crippen LogP contribution in [0.1, 0.15) is 42.5 Å². The fourth-order valence-electron chi connectivity index (χ4n) is 3.24. The van der Waals surface area contributed by atoms with Gasteiger partial charge in [0.25, 0.3) is 11.8 Å². The molecule has 2 heterocycles. The second-order valence-electron chi connectivity index (χ2n) is 6.13. The lowest BCUT2D eigenvalue weighted by Gasteiger charge is -2.36. The molecule has 7 nitrogen and oxygen atoms in total. The van der Waals surface area contributed by atoms with Gasteiger partial charge < -0.3 is 20.1 Å². The van der Waals surface area contributed by atoms with Crippen molar-refractivity contribution in [3.05, 3.63) is 23.8 Å². The van der Waals surface area contributed by atoms with E-state index in [-0.39, 0.29) is 30.9 Å². The number of ether oxygens (including phenoxy) is 1. The average molecular weight is 332 g/mol. The number of carboxylic acids is 1. The van der Waals surface area contributed by atoms with Crippen molar-refractivity contribution in [1.82, 2.24) is 4.90 Å². The molecule has 0 radical (unpaired) electrons. The van der Waals surface area contributed by atoms with Crippen LogP contribution in [0.15, 0.2) is 18.2 Å². The maximum absolute atomic E-state index is 12.8. The Hall–Kier alpha value is -2.57. The van der Waals surface area contributed by atoms with Crippen LogP contribution in [0.3, 0.4) is 0 Å². The van der Waals surface area contributed by atoms with Crippen molar-refractivity contribution >= 4 is 23.5 Å². The molecule has 3 rings (SSSR count). The number of fused-ring (bicyclic) bond motifs is 1. The Balaban J connectivity index is 1.77. The summed E-state index contributed by atoms with van der Waals surface area (Å²) in [7, 11) is 0. The van der Waals surface area contributed by atoms with Crippen molar-refractivity contribution in [2.45, 2.75) is 38.1 Å². The summed E-state index contributed by atoms with van der Waals surface area (Å²) in [5.41, 5.74) is 0.970. The van der Waals surface area contributed by atoms with E-state index < -0.39 is 5.97 Å². The van der Waals surface area contributed by atoms with E-state index in [9.17, 15) is 14.4 Å². The van der Waals surface area contributed by atoms with Gasteiger partial charge in [-0.25, -0.2) is 0 Å². The largest absolute Gasteiger partial charge is 0.482 e. The van der Waals surface area contributed by atoms with Gasteiger partial charge >= 0.3 is 5.97 Å². The quantitative estimate of drug-likeness (QED) is 0.877. The third-order valence-electron chi connectivity index (χ3n) is 4.44. The molecule has 1 aromatic carbocycles. The molecule has 24 heavy (non-hydrogen) atoms. The lowest BCUT2D eigenvalue weighted by molar-refractivity contribution is -0.137. The minimum Gasteiger partial charge on any atom is -0.482 e. The predicted octanol–water partition coefficient (Wildman–Crippen LogP) is 1.88. The van der Waals surface area contributed by atoms with Gasteiger partial charge in [0.15, 0.2) is 6.61 Å². The van der Waals surface area contributed by atoms with E-state index >= 15 is 0 Å². The Morgan fingerprint density at radius 1 is 1.33 bits per heavy atom. The normalized spacial score (nSPS) is 19.9. The van der Waals surface area contributed by atoms with Crippen LogP contribution in [0, 0.1) is 0 Å². The second kappa shape index (κ2) is 6.90. The van der Waals surface area contributed by atoms with E-state index in [0.717, 1.165) is 19.3 Å². The SMILES string of the molecule is O=C(O)CC[C@@H]1CCCCN1C(=O)c1ccc2c(c1)NC(=O)CO2. The number of rotatable bonds is 4. The minimum absolute atomic E-state index is 0.0241. The molecule has 0 spiro atoms. The van der Waals surface area contributed by atoms with Gasteiger partial charge in [-0.2, -0.15) is 0 Å². The van der Waals surface area contributed by atoms with Crippen LogP contribution in [-0.2, 0) is 9.59 Å². The molecular formula is C17H20N2O5. The van der Waals surface area contributed by atoms with Gasteiger partial charge in [0.05, 0.1) is 5.69 Å². The number of nitrogens with zero attached hydrogens (tertiary/aromatic N) is 1. The molecule has 1 fully saturated rings. The van der Waals surface area contributed by atoms with Crippen LogP contribution in [0.5, 0.6) is 5.75 Å². The molecular weight excluding hydrogens is 312 g/mol. The minimum atomic E-state index is -0.846. The third-order valence-corrected chi connectivity index (χ3v) is 4.44. The van der Waals surface area contributed by atoms with Gasteiger partial charge in [-0.1, -0.05) is 0 Å². The third kappa shape index (κ3) is 3.50. The predicted molar refractivity (Wildman–Crippen MR) is 86.1 cm³/mol. The Kier molecular flexibility index (Phi) is 4.69. The van der Waals surface area contributed by atoms with E-state index in [2.05, 4.69) is 5.32 Å². The standard InChI is InChI=1S/C17H20N2O5/c20-15-10-24-14-6-4-11(9-13(14)18-15)17(23)19-8-2-1-3-12(19)5-7-16(21)22/h4,6,9,12H,1-3,5,7-8,10H2,(H,18,20)(H,21,22)/t12-/m0/s1. The van der Waals surface area contributed by atoms with Crippen LogP contribution in [-0.4, -0.2) is 47.0 Å². The number of hydrogen-bond donors (Lipinski definition) is 2. The van der Waals surface area contributed by atoms with Crippen molar-refractivity contribution in [2.75, 3.05) is 18.5 Å². The second-order valence-corrected chi connectivity index (χ2v) is 6.13. The van der Waals surface area contributed by atoms with Gasteiger partial charge in [-0.15, -0.1) is 0 Å². The highest BCUT2D eigenvalue weighted by Gasteiger charge is 2.28. The average Bonchev–Trinajstić information content (AvgIpc) is 2.59. The van der Waals surface area contributed by atoms with E-state index in [1.54, 1.807) is 23.1 Å². The first kappa shape index (κ1) is 16.3. The summed E-state index contributed by atoms with van der Waals surface area (Å²) >= 11 is 0. The first-order chi connectivity index (χ1) is 11.5. The number of aliphatic carboxylic acids is 1. The number of piperidine rings is 1. The highest BCUT2D eigenvalue weighted by atomic mass is 16.5. The van der Waals surface area contributed by atoms with Crippen molar-refractivity contribution in [3.63, 3.8) is 0 Å². The fourth-order valence-corrected chi connectivity index (χ4v) is 3.24. The lowest BCUT2D eigenvalue weighted by atomic mass is 9.96. The molecule has 0 aromatic heterocycles. The summed E-state index contributed by atoms with van der Waals surface area (Å²) < 4.78 is 5.30. The van der Waals surface area contributed by atoms with E-state index in [0.29, 0.717) is 30.0 Å². The van der Waals surface area contributed by atoms with Gasteiger partial charge in [0.1, 0.15) is 5.75 Å². The van der Waals surface area contributed by atoms with Crippen molar-refractivity contribution in [3.8, 4) is 5.75 Å². The molecule has 0 aliphatic carbocycles. The summed E-state index contributed by atoms with van der Waals surface area (Å²) in [6.07, 6.45) is 3.26. The summed E-state index contributed by atoms with van der Waals surface area (Å²) in [5, 5.41) is 11.6. The maximum atomic E-state index is 12.8. The molecule has 0 bridgehead atoms. The number of hydrogen-bond acceptors (Lipinski definition) is 4. The Morgan fingerprint density at radius 2 is 2.17 bits per heavy atom. The van der Waals surface area contributed by atoms with E-state index in [1.807, 2.05) is 0 Å². The summed E-state index contributed by atoms with van der Waals surface area (Å²) in [4.78, 5) is 36.9. The zero-order valence-electron chi connectivity index (χ0n) is 13.3. The number of likely N-dealkylation sites (tertiary alicyclic amines) is 1. The Labute approximate surface area is 139 Å². The van der Waals surface area contributed by atoms with Crippen LogP contribution in [0.4, 0.5) is 5.69 Å². The molecule has 0 saturated carbocycles. The molecule has 1 saturated heterocycles. The molecule has 128 valence electrons. The smallest absolute Gasteiger partial charge is 0.303 e. The van der Waals surface area contributed by atoms with Gasteiger partial charge in [-0.3, -0.25) is 14.4 Å². The van der Waals surface area contributed by atoms with Crippen LogP contribution < -0.4 is 10.1 Å². The molecule has 2 amide bonds. The number of benzene rings is 1. The van der Waals surface area contributed by atoms with Crippen molar-refractivity contribution in [2.24, 2.45) is 0 Å². The zero-order chi connectivity index (χ0) is 17.1.